The Hall–Kier alpha value is -0.0800. The highest BCUT2D eigenvalue weighted by Crippen LogP contribution is 2.27. The second-order valence-electron chi connectivity index (χ2n) is 2.78. The second-order valence-corrected chi connectivity index (χ2v) is 2.78. The predicted molar refractivity (Wildman–Crippen MR) is 37.0 cm³/mol. The summed E-state index contributed by atoms with van der Waals surface area (Å²) in [4.78, 5) is 0. The van der Waals surface area contributed by atoms with Crippen molar-refractivity contribution in [3.05, 3.63) is 0 Å². The van der Waals surface area contributed by atoms with Crippen LogP contribution in [0.5, 0.6) is 0 Å². The van der Waals surface area contributed by atoms with Crippen LogP contribution in [0.2, 0.25) is 0 Å². The molecule has 1 atom stereocenters. The average Bonchev–Trinajstić information content (AvgIpc) is 2.65. The lowest BCUT2D eigenvalue weighted by Gasteiger charge is -2.08. The molecule has 1 aliphatic carbocycles. The number of rotatable bonds is 4. The van der Waals surface area contributed by atoms with Gasteiger partial charge in [-0.2, -0.15) is 0 Å². The standard InChI is InChI=1S/C7H15NO/c1-2-7(9)8-5-6-3-4-6/h6-9H,2-5H2,1H3. The van der Waals surface area contributed by atoms with E-state index in [9.17, 15) is 0 Å². The van der Waals surface area contributed by atoms with Crippen LogP contribution in [-0.2, 0) is 0 Å². The van der Waals surface area contributed by atoms with Gasteiger partial charge in [-0.15, -0.1) is 0 Å². The van der Waals surface area contributed by atoms with Crippen molar-refractivity contribution in [2.24, 2.45) is 5.92 Å². The molecule has 2 N–H and O–H groups in total. The van der Waals surface area contributed by atoms with Gasteiger partial charge < -0.3 is 5.11 Å². The highest BCUT2D eigenvalue weighted by Gasteiger charge is 2.20. The Balaban J connectivity index is 1.90. The first kappa shape index (κ1) is 7.03. The van der Waals surface area contributed by atoms with E-state index in [1.165, 1.54) is 12.8 Å². The van der Waals surface area contributed by atoms with Gasteiger partial charge in [0.05, 0.1) is 0 Å². The van der Waals surface area contributed by atoms with Crippen molar-refractivity contribution < 1.29 is 5.11 Å². The summed E-state index contributed by atoms with van der Waals surface area (Å²) in [7, 11) is 0. The summed E-state index contributed by atoms with van der Waals surface area (Å²) >= 11 is 0. The summed E-state index contributed by atoms with van der Waals surface area (Å²) < 4.78 is 0. The third-order valence-electron chi connectivity index (χ3n) is 1.73. The third kappa shape index (κ3) is 2.82. The summed E-state index contributed by atoms with van der Waals surface area (Å²) in [6.07, 6.45) is 3.24. The fraction of sp³-hybridized carbons (Fsp3) is 1.00. The van der Waals surface area contributed by atoms with Gasteiger partial charge in [0.15, 0.2) is 0 Å². The molecule has 1 saturated carbocycles. The molecule has 9 heavy (non-hydrogen) atoms. The van der Waals surface area contributed by atoms with E-state index in [0.717, 1.165) is 18.9 Å². The van der Waals surface area contributed by atoms with Crippen LogP contribution in [0, 0.1) is 5.92 Å². The van der Waals surface area contributed by atoms with Crippen LogP contribution in [-0.4, -0.2) is 17.9 Å². The fourth-order valence-corrected chi connectivity index (χ4v) is 0.769. The van der Waals surface area contributed by atoms with Crippen LogP contribution in [0.25, 0.3) is 0 Å². The number of hydrogen-bond donors (Lipinski definition) is 2. The molecule has 0 spiro atoms. The lowest BCUT2D eigenvalue weighted by Crippen LogP contribution is -2.29. The van der Waals surface area contributed by atoms with Crippen molar-refractivity contribution in [1.29, 1.82) is 0 Å². The first-order valence-corrected chi connectivity index (χ1v) is 3.74. The van der Waals surface area contributed by atoms with Crippen molar-refractivity contribution in [2.75, 3.05) is 6.54 Å². The normalized spacial score (nSPS) is 22.0. The van der Waals surface area contributed by atoms with Gasteiger partial charge in [0, 0.05) is 6.54 Å². The summed E-state index contributed by atoms with van der Waals surface area (Å²) in [6, 6.07) is 0. The Bertz CT molecular complexity index is 81.0. The van der Waals surface area contributed by atoms with E-state index in [4.69, 9.17) is 5.11 Å². The lowest BCUT2D eigenvalue weighted by atomic mass is 10.4. The van der Waals surface area contributed by atoms with Crippen LogP contribution >= 0.6 is 0 Å². The first-order chi connectivity index (χ1) is 4.33. The van der Waals surface area contributed by atoms with Crippen molar-refractivity contribution >= 4 is 0 Å². The van der Waals surface area contributed by atoms with Gasteiger partial charge in [-0.25, -0.2) is 0 Å². The zero-order valence-corrected chi connectivity index (χ0v) is 5.93. The monoisotopic (exact) mass is 129 g/mol. The van der Waals surface area contributed by atoms with E-state index in [0.29, 0.717) is 0 Å². The highest BCUT2D eigenvalue weighted by molar-refractivity contribution is 4.75. The Labute approximate surface area is 56.3 Å². The quantitative estimate of drug-likeness (QED) is 0.548. The topological polar surface area (TPSA) is 32.3 Å². The largest absolute Gasteiger partial charge is 0.379 e. The van der Waals surface area contributed by atoms with E-state index < -0.39 is 0 Å². The van der Waals surface area contributed by atoms with E-state index in [-0.39, 0.29) is 6.23 Å². The van der Waals surface area contributed by atoms with Gasteiger partial charge >= 0.3 is 0 Å². The second kappa shape index (κ2) is 3.18. The predicted octanol–water partition coefficient (Wildman–Crippen LogP) is 0.714. The van der Waals surface area contributed by atoms with E-state index in [2.05, 4.69) is 5.32 Å². The first-order valence-electron chi connectivity index (χ1n) is 3.74. The SMILES string of the molecule is CCC(O)NCC1CC1. The maximum Gasteiger partial charge on any atom is 0.104 e. The molecule has 54 valence electrons. The zero-order chi connectivity index (χ0) is 6.69. The van der Waals surface area contributed by atoms with E-state index >= 15 is 0 Å². The highest BCUT2D eigenvalue weighted by atomic mass is 16.3. The lowest BCUT2D eigenvalue weighted by molar-refractivity contribution is 0.132. The number of nitrogens with one attached hydrogen (secondary N) is 1. The minimum Gasteiger partial charge on any atom is -0.379 e. The molecular weight excluding hydrogens is 114 g/mol. The number of hydrogen-bond acceptors (Lipinski definition) is 2. The molecule has 0 heterocycles. The minimum absolute atomic E-state index is 0.273. The maximum atomic E-state index is 9.02. The van der Waals surface area contributed by atoms with Crippen LogP contribution in [0.15, 0.2) is 0 Å². The molecule has 0 saturated heterocycles. The van der Waals surface area contributed by atoms with Gasteiger partial charge in [-0.1, -0.05) is 6.92 Å². The molecule has 2 nitrogen and oxygen atoms in total. The molecule has 2 heteroatoms. The Morgan fingerprint density at radius 3 is 2.78 bits per heavy atom. The fourth-order valence-electron chi connectivity index (χ4n) is 0.769. The molecule has 0 aliphatic heterocycles. The molecule has 0 aromatic heterocycles. The molecule has 0 bridgehead atoms. The zero-order valence-electron chi connectivity index (χ0n) is 5.93. The van der Waals surface area contributed by atoms with Crippen LogP contribution in [0.4, 0.5) is 0 Å². The van der Waals surface area contributed by atoms with Crippen molar-refractivity contribution in [1.82, 2.24) is 5.32 Å². The van der Waals surface area contributed by atoms with Crippen molar-refractivity contribution in [2.45, 2.75) is 32.4 Å². The Morgan fingerprint density at radius 1 is 1.67 bits per heavy atom. The van der Waals surface area contributed by atoms with E-state index in [1.807, 2.05) is 6.92 Å². The summed E-state index contributed by atoms with van der Waals surface area (Å²) in [5.74, 6) is 0.867. The molecule has 1 fully saturated rings. The summed E-state index contributed by atoms with van der Waals surface area (Å²) in [5.41, 5.74) is 0. The van der Waals surface area contributed by atoms with Gasteiger partial charge in [-0.05, 0) is 25.2 Å². The Morgan fingerprint density at radius 2 is 2.33 bits per heavy atom. The molecular formula is C7H15NO. The molecule has 1 rings (SSSR count). The molecule has 1 unspecified atom stereocenters. The minimum atomic E-state index is -0.273. The van der Waals surface area contributed by atoms with Crippen molar-refractivity contribution in [3.63, 3.8) is 0 Å². The summed E-state index contributed by atoms with van der Waals surface area (Å²) in [5, 5.41) is 12.1. The average molecular weight is 129 g/mol. The van der Waals surface area contributed by atoms with Gasteiger partial charge in [-0.3, -0.25) is 5.32 Å². The van der Waals surface area contributed by atoms with Crippen LogP contribution in [0.1, 0.15) is 26.2 Å². The molecule has 0 radical (unpaired) electrons. The molecule has 0 aromatic carbocycles. The van der Waals surface area contributed by atoms with Crippen LogP contribution < -0.4 is 5.32 Å². The van der Waals surface area contributed by atoms with Crippen LogP contribution in [0.3, 0.4) is 0 Å². The number of aliphatic hydroxyl groups is 1. The smallest absolute Gasteiger partial charge is 0.104 e. The third-order valence-corrected chi connectivity index (χ3v) is 1.73. The van der Waals surface area contributed by atoms with Gasteiger partial charge in [0.25, 0.3) is 0 Å². The van der Waals surface area contributed by atoms with Gasteiger partial charge in [0.1, 0.15) is 6.23 Å². The van der Waals surface area contributed by atoms with E-state index in [1.54, 1.807) is 0 Å². The molecule has 1 aliphatic rings. The Kier molecular flexibility index (Phi) is 2.49. The van der Waals surface area contributed by atoms with Gasteiger partial charge in [0.2, 0.25) is 0 Å². The molecule has 0 aromatic rings. The maximum absolute atomic E-state index is 9.02. The van der Waals surface area contributed by atoms with Crippen molar-refractivity contribution in [3.8, 4) is 0 Å². The number of aliphatic hydroxyl groups excluding tert-OH is 1. The summed E-state index contributed by atoms with van der Waals surface area (Å²) in [6.45, 7) is 2.99. The molecule has 0 amide bonds.